The van der Waals surface area contributed by atoms with Crippen LogP contribution in [-0.2, 0) is 0 Å². The summed E-state index contributed by atoms with van der Waals surface area (Å²) < 4.78 is 0.577. The molecule has 0 aliphatic heterocycles. The van der Waals surface area contributed by atoms with Crippen molar-refractivity contribution in [3.63, 3.8) is 0 Å². The summed E-state index contributed by atoms with van der Waals surface area (Å²) in [6, 6.07) is 9.69. The number of carbonyl (C=O) groups excluding carboxylic acids is 1. The largest absolute Gasteiger partial charge is 0.505 e. The number of anilines is 2. The molecular formula is C13H10BrClN2O2. The van der Waals surface area contributed by atoms with Crippen molar-refractivity contribution in [2.24, 2.45) is 0 Å². The van der Waals surface area contributed by atoms with Crippen LogP contribution in [0.5, 0.6) is 5.75 Å². The Labute approximate surface area is 123 Å². The Morgan fingerprint density at radius 3 is 2.68 bits per heavy atom. The van der Waals surface area contributed by atoms with Gasteiger partial charge in [-0.1, -0.05) is 23.7 Å². The van der Waals surface area contributed by atoms with Gasteiger partial charge in [-0.3, -0.25) is 4.79 Å². The molecular weight excluding hydrogens is 332 g/mol. The molecule has 0 heterocycles. The number of para-hydroxylation sites is 1. The molecule has 2 rings (SSSR count). The molecule has 0 radical (unpaired) electrons. The summed E-state index contributed by atoms with van der Waals surface area (Å²) in [5, 5.41) is 12.9. The molecule has 0 spiro atoms. The predicted octanol–water partition coefficient (Wildman–Crippen LogP) is 3.64. The first-order valence-corrected chi connectivity index (χ1v) is 6.50. The molecule has 98 valence electrons. The molecule has 0 bridgehead atoms. The van der Waals surface area contributed by atoms with Crippen LogP contribution in [0.2, 0.25) is 5.02 Å². The van der Waals surface area contributed by atoms with Crippen molar-refractivity contribution >= 4 is 44.8 Å². The third kappa shape index (κ3) is 2.83. The lowest BCUT2D eigenvalue weighted by atomic mass is 10.1. The number of benzene rings is 2. The van der Waals surface area contributed by atoms with E-state index in [1.54, 1.807) is 24.3 Å². The zero-order chi connectivity index (χ0) is 14.0. The Kier molecular flexibility index (Phi) is 3.97. The van der Waals surface area contributed by atoms with Gasteiger partial charge in [0.05, 0.1) is 26.4 Å². The second-order valence-electron chi connectivity index (χ2n) is 3.80. The van der Waals surface area contributed by atoms with Crippen molar-refractivity contribution in [1.82, 2.24) is 0 Å². The average Bonchev–Trinajstić information content (AvgIpc) is 2.38. The standard InChI is InChI=1S/C13H10BrClN2O2/c14-11-8(15)4-2-6-10(11)17-13(19)7-3-1-5-9(16)12(7)18/h1-6,18H,16H2,(H,17,19). The van der Waals surface area contributed by atoms with E-state index in [-0.39, 0.29) is 17.0 Å². The molecule has 0 aromatic heterocycles. The van der Waals surface area contributed by atoms with Crippen molar-refractivity contribution < 1.29 is 9.90 Å². The summed E-state index contributed by atoms with van der Waals surface area (Å²) in [5.74, 6) is -0.703. The number of rotatable bonds is 2. The van der Waals surface area contributed by atoms with E-state index >= 15 is 0 Å². The number of amides is 1. The number of phenolic OH excluding ortho intramolecular Hbond substituents is 1. The normalized spacial score (nSPS) is 10.2. The van der Waals surface area contributed by atoms with Gasteiger partial charge in [-0.2, -0.15) is 0 Å². The van der Waals surface area contributed by atoms with Gasteiger partial charge < -0.3 is 16.2 Å². The molecule has 1 amide bonds. The minimum absolute atomic E-state index is 0.104. The molecule has 2 aromatic rings. The van der Waals surface area contributed by atoms with Gasteiger partial charge in [0.2, 0.25) is 0 Å². The fourth-order valence-corrected chi connectivity index (χ4v) is 2.07. The molecule has 0 saturated carbocycles. The zero-order valence-electron chi connectivity index (χ0n) is 9.65. The van der Waals surface area contributed by atoms with Crippen LogP contribution >= 0.6 is 27.5 Å². The smallest absolute Gasteiger partial charge is 0.259 e. The van der Waals surface area contributed by atoms with Crippen molar-refractivity contribution in [2.45, 2.75) is 0 Å². The molecule has 0 unspecified atom stereocenters. The van der Waals surface area contributed by atoms with Crippen LogP contribution in [0.3, 0.4) is 0 Å². The lowest BCUT2D eigenvalue weighted by Gasteiger charge is -2.10. The highest BCUT2D eigenvalue weighted by Crippen LogP contribution is 2.31. The number of nitrogens with one attached hydrogen (secondary N) is 1. The van der Waals surface area contributed by atoms with E-state index in [1.165, 1.54) is 12.1 Å². The highest BCUT2D eigenvalue weighted by Gasteiger charge is 2.14. The number of aromatic hydroxyl groups is 1. The van der Waals surface area contributed by atoms with Crippen LogP contribution in [0.15, 0.2) is 40.9 Å². The molecule has 19 heavy (non-hydrogen) atoms. The van der Waals surface area contributed by atoms with E-state index in [9.17, 15) is 9.90 Å². The summed E-state index contributed by atoms with van der Waals surface area (Å²) in [6.45, 7) is 0. The SMILES string of the molecule is Nc1cccc(C(=O)Nc2cccc(Cl)c2Br)c1O. The number of hydrogen-bond acceptors (Lipinski definition) is 3. The van der Waals surface area contributed by atoms with Gasteiger partial charge in [-0.05, 0) is 40.2 Å². The van der Waals surface area contributed by atoms with Crippen molar-refractivity contribution in [3.8, 4) is 5.75 Å². The van der Waals surface area contributed by atoms with E-state index < -0.39 is 5.91 Å². The Balaban J connectivity index is 2.31. The quantitative estimate of drug-likeness (QED) is 0.576. The van der Waals surface area contributed by atoms with E-state index in [2.05, 4.69) is 21.2 Å². The average molecular weight is 342 g/mol. The number of nitrogen functional groups attached to an aromatic ring is 1. The third-order valence-corrected chi connectivity index (χ3v) is 3.91. The van der Waals surface area contributed by atoms with Gasteiger partial charge in [0, 0.05) is 0 Å². The first-order valence-electron chi connectivity index (χ1n) is 5.33. The molecule has 4 N–H and O–H groups in total. The van der Waals surface area contributed by atoms with Crippen molar-refractivity contribution in [3.05, 3.63) is 51.5 Å². The van der Waals surface area contributed by atoms with Crippen LogP contribution in [-0.4, -0.2) is 11.0 Å². The van der Waals surface area contributed by atoms with E-state index in [1.807, 2.05) is 0 Å². The number of hydrogen-bond donors (Lipinski definition) is 3. The van der Waals surface area contributed by atoms with Gasteiger partial charge in [0.15, 0.2) is 5.75 Å². The molecule has 0 aliphatic rings. The number of phenols is 1. The van der Waals surface area contributed by atoms with Gasteiger partial charge in [0.1, 0.15) is 0 Å². The summed E-state index contributed by atoms with van der Waals surface area (Å²) in [7, 11) is 0. The van der Waals surface area contributed by atoms with Crippen LogP contribution in [0, 0.1) is 0 Å². The maximum Gasteiger partial charge on any atom is 0.259 e. The molecule has 2 aromatic carbocycles. The first-order chi connectivity index (χ1) is 9.00. The Morgan fingerprint density at radius 1 is 1.26 bits per heavy atom. The highest BCUT2D eigenvalue weighted by atomic mass is 79.9. The minimum Gasteiger partial charge on any atom is -0.505 e. The minimum atomic E-state index is -0.465. The van der Waals surface area contributed by atoms with Crippen molar-refractivity contribution in [1.29, 1.82) is 0 Å². The maximum atomic E-state index is 12.1. The van der Waals surface area contributed by atoms with Gasteiger partial charge in [0.25, 0.3) is 5.91 Å². The second kappa shape index (κ2) is 5.50. The van der Waals surface area contributed by atoms with Crippen molar-refractivity contribution in [2.75, 3.05) is 11.1 Å². The first kappa shape index (κ1) is 13.7. The Bertz CT molecular complexity index is 647. The predicted molar refractivity (Wildman–Crippen MR) is 79.6 cm³/mol. The summed E-state index contributed by atoms with van der Waals surface area (Å²) >= 11 is 9.21. The summed E-state index contributed by atoms with van der Waals surface area (Å²) in [4.78, 5) is 12.1. The van der Waals surface area contributed by atoms with Gasteiger partial charge in [-0.15, -0.1) is 0 Å². The molecule has 0 saturated heterocycles. The molecule has 0 aliphatic carbocycles. The Morgan fingerprint density at radius 2 is 1.95 bits per heavy atom. The van der Waals surface area contributed by atoms with Crippen LogP contribution < -0.4 is 11.1 Å². The number of carbonyl (C=O) groups is 1. The van der Waals surface area contributed by atoms with E-state index in [0.717, 1.165) is 0 Å². The number of halogens is 2. The lowest BCUT2D eigenvalue weighted by Crippen LogP contribution is -2.13. The number of nitrogens with two attached hydrogens (primary N) is 1. The maximum absolute atomic E-state index is 12.1. The Hall–Kier alpha value is -1.72. The molecule has 0 fully saturated rings. The summed E-state index contributed by atoms with van der Waals surface area (Å²) in [5.41, 5.74) is 6.31. The van der Waals surface area contributed by atoms with E-state index in [4.69, 9.17) is 17.3 Å². The molecule has 6 heteroatoms. The topological polar surface area (TPSA) is 75.4 Å². The molecule has 4 nitrogen and oxygen atoms in total. The van der Waals surface area contributed by atoms with Crippen LogP contribution in [0.4, 0.5) is 11.4 Å². The van der Waals surface area contributed by atoms with Crippen LogP contribution in [0.1, 0.15) is 10.4 Å². The van der Waals surface area contributed by atoms with Gasteiger partial charge in [-0.25, -0.2) is 0 Å². The fraction of sp³-hybridized carbons (Fsp3) is 0. The highest BCUT2D eigenvalue weighted by molar-refractivity contribution is 9.10. The lowest BCUT2D eigenvalue weighted by molar-refractivity contribution is 0.102. The van der Waals surface area contributed by atoms with Crippen LogP contribution in [0.25, 0.3) is 0 Å². The zero-order valence-corrected chi connectivity index (χ0v) is 12.0. The fourth-order valence-electron chi connectivity index (χ4n) is 1.53. The van der Waals surface area contributed by atoms with Gasteiger partial charge >= 0.3 is 0 Å². The molecule has 0 atom stereocenters. The monoisotopic (exact) mass is 340 g/mol. The summed E-state index contributed by atoms with van der Waals surface area (Å²) in [6.07, 6.45) is 0. The third-order valence-electron chi connectivity index (χ3n) is 2.51. The second-order valence-corrected chi connectivity index (χ2v) is 5.00. The van der Waals surface area contributed by atoms with E-state index in [0.29, 0.717) is 15.2 Å².